The molecule has 5 heteroatoms. The number of hydrogen-bond acceptors (Lipinski definition) is 4. The number of nitrogens with zero attached hydrogens (tertiary/aromatic N) is 1. The molecule has 0 radical (unpaired) electrons. The highest BCUT2D eigenvalue weighted by Crippen LogP contribution is 2.42. The largest absolute Gasteiger partial charge is 0.490 e. The lowest BCUT2D eigenvalue weighted by Crippen LogP contribution is -2.41. The maximum Gasteiger partial charge on any atom is 0.242 e. The summed E-state index contributed by atoms with van der Waals surface area (Å²) in [5.74, 6) is 1.77. The molecule has 1 amide bonds. The molecule has 2 heterocycles. The molecule has 1 N–H and O–H groups in total. The van der Waals surface area contributed by atoms with E-state index in [1.807, 2.05) is 24.3 Å². The SMILES string of the molecule is O=C(NC1CC1)[C@H](c1ccccc1)N1CCC[C@H]1c1ccc2c(c1)OCCCO2. The Morgan fingerprint density at radius 3 is 2.55 bits per heavy atom. The van der Waals surface area contributed by atoms with Crippen molar-refractivity contribution in [2.24, 2.45) is 0 Å². The molecule has 29 heavy (non-hydrogen) atoms. The quantitative estimate of drug-likeness (QED) is 0.836. The number of benzene rings is 2. The fourth-order valence-corrected chi connectivity index (χ4v) is 4.48. The Balaban J connectivity index is 1.46. The van der Waals surface area contributed by atoms with E-state index < -0.39 is 0 Å². The van der Waals surface area contributed by atoms with Gasteiger partial charge in [-0.3, -0.25) is 9.69 Å². The fraction of sp³-hybridized carbons (Fsp3) is 0.458. The summed E-state index contributed by atoms with van der Waals surface area (Å²) in [4.78, 5) is 15.6. The third kappa shape index (κ3) is 3.97. The summed E-state index contributed by atoms with van der Waals surface area (Å²) in [6.45, 7) is 2.29. The Morgan fingerprint density at radius 1 is 0.966 bits per heavy atom. The van der Waals surface area contributed by atoms with Gasteiger partial charge in [0.1, 0.15) is 6.04 Å². The Hall–Kier alpha value is -2.53. The number of hydrogen-bond donors (Lipinski definition) is 1. The predicted octanol–water partition coefficient (Wildman–Crippen LogP) is 4.00. The highest BCUT2D eigenvalue weighted by molar-refractivity contribution is 5.83. The number of carbonyl (C=O) groups is 1. The minimum absolute atomic E-state index is 0.125. The Labute approximate surface area is 172 Å². The predicted molar refractivity (Wildman–Crippen MR) is 111 cm³/mol. The van der Waals surface area contributed by atoms with Crippen molar-refractivity contribution < 1.29 is 14.3 Å². The lowest BCUT2D eigenvalue weighted by atomic mass is 9.99. The van der Waals surface area contributed by atoms with Crippen LogP contribution in [0.25, 0.3) is 0 Å². The zero-order valence-electron chi connectivity index (χ0n) is 16.7. The average Bonchev–Trinajstić information content (AvgIpc) is 3.49. The van der Waals surface area contributed by atoms with Crippen molar-refractivity contribution in [1.82, 2.24) is 10.2 Å². The van der Waals surface area contributed by atoms with E-state index in [1.165, 1.54) is 5.56 Å². The van der Waals surface area contributed by atoms with Gasteiger partial charge in [-0.2, -0.15) is 0 Å². The van der Waals surface area contributed by atoms with Crippen LogP contribution in [0.15, 0.2) is 48.5 Å². The van der Waals surface area contributed by atoms with Gasteiger partial charge in [0.15, 0.2) is 11.5 Å². The van der Waals surface area contributed by atoms with Crippen LogP contribution in [0.5, 0.6) is 11.5 Å². The minimum Gasteiger partial charge on any atom is -0.490 e. The molecule has 2 aliphatic heterocycles. The maximum atomic E-state index is 13.2. The van der Waals surface area contributed by atoms with Crippen LogP contribution in [0, 0.1) is 0 Å². The summed E-state index contributed by atoms with van der Waals surface area (Å²) in [6.07, 6.45) is 5.22. The van der Waals surface area contributed by atoms with Crippen LogP contribution < -0.4 is 14.8 Å². The summed E-state index contributed by atoms with van der Waals surface area (Å²) >= 11 is 0. The van der Waals surface area contributed by atoms with Gasteiger partial charge in [-0.15, -0.1) is 0 Å². The van der Waals surface area contributed by atoms with E-state index in [4.69, 9.17) is 9.47 Å². The molecule has 2 atom stereocenters. The fourth-order valence-electron chi connectivity index (χ4n) is 4.48. The monoisotopic (exact) mass is 392 g/mol. The third-order valence-electron chi connectivity index (χ3n) is 6.07. The third-order valence-corrected chi connectivity index (χ3v) is 6.07. The number of fused-ring (bicyclic) bond motifs is 1. The highest BCUT2D eigenvalue weighted by Gasteiger charge is 2.38. The van der Waals surface area contributed by atoms with Crippen molar-refractivity contribution in [2.45, 2.75) is 50.2 Å². The zero-order valence-corrected chi connectivity index (χ0v) is 16.7. The molecule has 2 aromatic carbocycles. The molecule has 0 bridgehead atoms. The van der Waals surface area contributed by atoms with Crippen LogP contribution in [-0.4, -0.2) is 36.6 Å². The molecule has 5 rings (SSSR count). The molecule has 0 spiro atoms. The summed E-state index contributed by atoms with van der Waals surface area (Å²) in [7, 11) is 0. The van der Waals surface area contributed by atoms with Gasteiger partial charge in [-0.1, -0.05) is 36.4 Å². The van der Waals surface area contributed by atoms with Crippen molar-refractivity contribution in [2.75, 3.05) is 19.8 Å². The smallest absolute Gasteiger partial charge is 0.242 e. The van der Waals surface area contributed by atoms with Crippen LogP contribution in [-0.2, 0) is 4.79 Å². The van der Waals surface area contributed by atoms with Crippen LogP contribution in [0.4, 0.5) is 0 Å². The number of likely N-dealkylation sites (tertiary alicyclic amines) is 1. The second-order valence-corrected chi connectivity index (χ2v) is 8.25. The van der Waals surface area contributed by atoms with Gasteiger partial charge >= 0.3 is 0 Å². The average molecular weight is 392 g/mol. The number of nitrogens with one attached hydrogen (secondary N) is 1. The van der Waals surface area contributed by atoms with Gasteiger partial charge in [-0.25, -0.2) is 0 Å². The molecule has 1 aliphatic carbocycles. The standard InChI is InChI=1S/C24H28N2O3/c27-24(25-19-10-11-19)23(17-6-2-1-3-7-17)26-13-4-8-20(26)18-9-12-21-22(16-18)29-15-5-14-28-21/h1-3,6-7,9,12,16,19-20,23H,4-5,8,10-11,13-15H2,(H,25,27)/t20-,23-/m0/s1. The minimum atomic E-state index is -0.264. The van der Waals surface area contributed by atoms with Gasteiger partial charge in [0.25, 0.3) is 0 Å². The zero-order chi connectivity index (χ0) is 19.6. The van der Waals surface area contributed by atoms with E-state index in [0.717, 1.165) is 55.7 Å². The molecule has 0 aromatic heterocycles. The van der Waals surface area contributed by atoms with Crippen molar-refractivity contribution >= 4 is 5.91 Å². The van der Waals surface area contributed by atoms with Crippen LogP contribution in [0.2, 0.25) is 0 Å². The maximum absolute atomic E-state index is 13.2. The molecule has 1 saturated carbocycles. The highest BCUT2D eigenvalue weighted by atomic mass is 16.5. The van der Waals surface area contributed by atoms with Crippen molar-refractivity contribution in [3.63, 3.8) is 0 Å². The van der Waals surface area contributed by atoms with Gasteiger partial charge < -0.3 is 14.8 Å². The van der Waals surface area contributed by atoms with Crippen molar-refractivity contribution in [3.8, 4) is 11.5 Å². The number of amides is 1. The summed E-state index contributed by atoms with van der Waals surface area (Å²) in [5.41, 5.74) is 2.26. The van der Waals surface area contributed by atoms with Crippen LogP contribution in [0.1, 0.15) is 55.3 Å². The molecular formula is C24H28N2O3. The number of carbonyl (C=O) groups excluding carboxylic acids is 1. The topological polar surface area (TPSA) is 50.8 Å². The van der Waals surface area contributed by atoms with Crippen molar-refractivity contribution in [3.05, 3.63) is 59.7 Å². The molecule has 3 aliphatic rings. The summed E-state index contributed by atoms with van der Waals surface area (Å²) < 4.78 is 11.7. The number of ether oxygens (including phenoxy) is 2. The first-order valence-electron chi connectivity index (χ1n) is 10.8. The van der Waals surface area contributed by atoms with E-state index in [0.29, 0.717) is 19.3 Å². The molecule has 152 valence electrons. The molecule has 5 nitrogen and oxygen atoms in total. The van der Waals surface area contributed by atoms with Gasteiger partial charge in [-0.05, 0) is 55.5 Å². The van der Waals surface area contributed by atoms with E-state index in [9.17, 15) is 4.79 Å². The van der Waals surface area contributed by atoms with E-state index in [-0.39, 0.29) is 18.0 Å². The normalized spacial score (nSPS) is 22.7. The lowest BCUT2D eigenvalue weighted by molar-refractivity contribution is -0.127. The molecule has 2 aromatic rings. The number of rotatable bonds is 5. The van der Waals surface area contributed by atoms with Gasteiger partial charge in [0.2, 0.25) is 5.91 Å². The summed E-state index contributed by atoms with van der Waals surface area (Å²) in [5, 5.41) is 3.23. The Bertz CT molecular complexity index is 866. The molecule has 2 fully saturated rings. The van der Waals surface area contributed by atoms with E-state index >= 15 is 0 Å². The molecular weight excluding hydrogens is 364 g/mol. The van der Waals surface area contributed by atoms with Crippen LogP contribution >= 0.6 is 0 Å². The Morgan fingerprint density at radius 2 is 1.76 bits per heavy atom. The second kappa shape index (κ2) is 8.07. The summed E-state index contributed by atoms with van der Waals surface area (Å²) in [6, 6.07) is 16.7. The van der Waals surface area contributed by atoms with Gasteiger partial charge in [0.05, 0.1) is 13.2 Å². The lowest BCUT2D eigenvalue weighted by Gasteiger charge is -2.33. The van der Waals surface area contributed by atoms with E-state index in [1.54, 1.807) is 0 Å². The first-order valence-corrected chi connectivity index (χ1v) is 10.8. The molecule has 1 saturated heterocycles. The first-order chi connectivity index (χ1) is 14.3. The van der Waals surface area contributed by atoms with Crippen LogP contribution in [0.3, 0.4) is 0 Å². The van der Waals surface area contributed by atoms with E-state index in [2.05, 4.69) is 34.5 Å². The van der Waals surface area contributed by atoms with Crippen molar-refractivity contribution in [1.29, 1.82) is 0 Å². The molecule has 0 unspecified atom stereocenters. The Kier molecular flexibility index (Phi) is 5.15. The first kappa shape index (κ1) is 18.5. The van der Waals surface area contributed by atoms with Gasteiger partial charge in [0, 0.05) is 18.5 Å². The second-order valence-electron chi connectivity index (χ2n) is 8.25.